The number of rotatable bonds is 4. The van der Waals surface area contributed by atoms with Gasteiger partial charge in [-0.15, -0.1) is 0 Å². The molecule has 0 aromatic heterocycles. The van der Waals surface area contributed by atoms with E-state index in [9.17, 15) is 4.39 Å². The summed E-state index contributed by atoms with van der Waals surface area (Å²) in [5.41, 5.74) is 1.43. The van der Waals surface area contributed by atoms with Crippen LogP contribution in [-0.2, 0) is 6.42 Å². The Morgan fingerprint density at radius 1 is 1.22 bits per heavy atom. The van der Waals surface area contributed by atoms with Gasteiger partial charge in [0.25, 0.3) is 0 Å². The molecule has 0 radical (unpaired) electrons. The second kappa shape index (κ2) is 6.16. The molecule has 0 amide bonds. The molecule has 3 heteroatoms. The molecule has 100 valence electrons. The lowest BCUT2D eigenvalue weighted by Gasteiger charge is -2.37. The third kappa shape index (κ3) is 3.55. The van der Waals surface area contributed by atoms with Crippen LogP contribution >= 0.6 is 15.9 Å². The van der Waals surface area contributed by atoms with Crippen molar-refractivity contribution in [2.24, 2.45) is 5.41 Å². The van der Waals surface area contributed by atoms with Crippen molar-refractivity contribution < 1.29 is 4.39 Å². The molecule has 1 aliphatic carbocycles. The van der Waals surface area contributed by atoms with Crippen molar-refractivity contribution in [2.45, 2.75) is 38.5 Å². The van der Waals surface area contributed by atoms with Crippen LogP contribution in [0.25, 0.3) is 0 Å². The molecule has 1 nitrogen and oxygen atoms in total. The minimum atomic E-state index is -0.144. The molecule has 18 heavy (non-hydrogen) atoms. The van der Waals surface area contributed by atoms with Crippen LogP contribution in [0.15, 0.2) is 22.7 Å². The monoisotopic (exact) mass is 313 g/mol. The van der Waals surface area contributed by atoms with Crippen molar-refractivity contribution in [3.63, 3.8) is 0 Å². The van der Waals surface area contributed by atoms with Crippen molar-refractivity contribution in [3.8, 4) is 0 Å². The first-order valence-corrected chi connectivity index (χ1v) is 7.52. The molecule has 1 aromatic carbocycles. The summed E-state index contributed by atoms with van der Waals surface area (Å²) in [6, 6.07) is 5.25. The molecule has 2 rings (SSSR count). The number of hydrogen-bond acceptors (Lipinski definition) is 1. The zero-order valence-electron chi connectivity index (χ0n) is 10.9. The topological polar surface area (TPSA) is 12.0 Å². The van der Waals surface area contributed by atoms with E-state index in [1.54, 1.807) is 6.07 Å². The lowest BCUT2D eigenvalue weighted by Crippen LogP contribution is -2.36. The summed E-state index contributed by atoms with van der Waals surface area (Å²) in [5, 5.41) is 3.32. The van der Waals surface area contributed by atoms with Gasteiger partial charge in [-0.3, -0.25) is 0 Å². The highest BCUT2D eigenvalue weighted by molar-refractivity contribution is 9.10. The fourth-order valence-corrected chi connectivity index (χ4v) is 3.75. The number of benzene rings is 1. The zero-order valence-corrected chi connectivity index (χ0v) is 12.5. The molecule has 1 aliphatic rings. The maximum Gasteiger partial charge on any atom is 0.124 e. The van der Waals surface area contributed by atoms with Crippen molar-refractivity contribution in [1.82, 2.24) is 5.32 Å². The Hall–Kier alpha value is -0.410. The van der Waals surface area contributed by atoms with Crippen LogP contribution in [0.3, 0.4) is 0 Å². The highest BCUT2D eigenvalue weighted by Crippen LogP contribution is 2.39. The van der Waals surface area contributed by atoms with E-state index in [2.05, 4.69) is 27.3 Å². The largest absolute Gasteiger partial charge is 0.319 e. The van der Waals surface area contributed by atoms with Gasteiger partial charge in [0.15, 0.2) is 0 Å². The maximum atomic E-state index is 13.4. The third-order valence-corrected chi connectivity index (χ3v) is 4.43. The summed E-state index contributed by atoms with van der Waals surface area (Å²) < 4.78 is 14.3. The summed E-state index contributed by atoms with van der Waals surface area (Å²) >= 11 is 3.38. The van der Waals surface area contributed by atoms with E-state index >= 15 is 0 Å². The van der Waals surface area contributed by atoms with Crippen LogP contribution in [0, 0.1) is 11.2 Å². The van der Waals surface area contributed by atoms with Crippen molar-refractivity contribution in [2.75, 3.05) is 13.6 Å². The average molecular weight is 314 g/mol. The predicted octanol–water partition coefficient (Wildman–Crippen LogP) is 4.30. The Labute approximate surface area is 117 Å². The molecule has 0 heterocycles. The Morgan fingerprint density at radius 2 is 1.94 bits per heavy atom. The first kappa shape index (κ1) is 14.0. The lowest BCUT2D eigenvalue weighted by molar-refractivity contribution is 0.185. The van der Waals surface area contributed by atoms with Gasteiger partial charge < -0.3 is 5.32 Å². The van der Waals surface area contributed by atoms with Crippen LogP contribution in [0.2, 0.25) is 0 Å². The molecule has 0 unspecified atom stereocenters. The van der Waals surface area contributed by atoms with Gasteiger partial charge in [0.1, 0.15) is 5.82 Å². The molecule has 1 fully saturated rings. The molecule has 1 saturated carbocycles. The Bertz CT molecular complexity index is 374. The third-order valence-electron chi connectivity index (χ3n) is 3.97. The smallest absolute Gasteiger partial charge is 0.124 e. The van der Waals surface area contributed by atoms with E-state index in [0.717, 1.165) is 23.0 Å². The van der Waals surface area contributed by atoms with Gasteiger partial charge in [-0.25, -0.2) is 4.39 Å². The summed E-state index contributed by atoms with van der Waals surface area (Å²) in [6.07, 6.45) is 7.43. The van der Waals surface area contributed by atoms with Crippen molar-refractivity contribution >= 4 is 15.9 Å². The van der Waals surface area contributed by atoms with Gasteiger partial charge in [-0.2, -0.15) is 0 Å². The second-order valence-electron chi connectivity index (χ2n) is 5.55. The van der Waals surface area contributed by atoms with E-state index in [1.807, 2.05) is 7.05 Å². The maximum absolute atomic E-state index is 13.4. The Kier molecular flexibility index (Phi) is 4.79. The Balaban J connectivity index is 2.17. The average Bonchev–Trinajstić information content (AvgIpc) is 2.28. The van der Waals surface area contributed by atoms with Gasteiger partial charge in [0.2, 0.25) is 0 Å². The normalized spacial score (nSPS) is 18.8. The predicted molar refractivity (Wildman–Crippen MR) is 77.2 cm³/mol. The van der Waals surface area contributed by atoms with Crippen molar-refractivity contribution in [3.05, 3.63) is 34.1 Å². The summed E-state index contributed by atoms with van der Waals surface area (Å²) in [6.45, 7) is 1.03. The number of hydrogen-bond donors (Lipinski definition) is 1. The Morgan fingerprint density at radius 3 is 2.56 bits per heavy atom. The quantitative estimate of drug-likeness (QED) is 0.874. The first-order valence-electron chi connectivity index (χ1n) is 6.73. The first-order chi connectivity index (χ1) is 8.63. The van der Waals surface area contributed by atoms with Crippen LogP contribution in [0.4, 0.5) is 4.39 Å². The molecular formula is C15H21BrFN. The minimum absolute atomic E-state index is 0.144. The van der Waals surface area contributed by atoms with Crippen LogP contribution in [0.1, 0.15) is 37.7 Å². The minimum Gasteiger partial charge on any atom is -0.319 e. The van der Waals surface area contributed by atoms with Gasteiger partial charge in [0.05, 0.1) is 0 Å². The molecular weight excluding hydrogens is 293 g/mol. The fourth-order valence-electron chi connectivity index (χ4n) is 3.24. The standard InChI is InChI=1S/C15H21BrFN/c1-18-11-15(5-3-2-4-6-15)10-12-7-13(16)9-14(17)8-12/h7-9,18H,2-6,10-11H2,1H3. The lowest BCUT2D eigenvalue weighted by atomic mass is 9.70. The molecule has 0 aliphatic heterocycles. The van der Waals surface area contributed by atoms with Gasteiger partial charge in [0, 0.05) is 11.0 Å². The van der Waals surface area contributed by atoms with Crippen LogP contribution in [0.5, 0.6) is 0 Å². The van der Waals surface area contributed by atoms with E-state index in [0.29, 0.717) is 5.41 Å². The van der Waals surface area contributed by atoms with E-state index in [1.165, 1.54) is 38.2 Å². The SMILES string of the molecule is CNCC1(Cc2cc(F)cc(Br)c2)CCCCC1. The molecule has 1 aromatic rings. The summed E-state index contributed by atoms with van der Waals surface area (Å²) in [7, 11) is 2.01. The van der Waals surface area contributed by atoms with E-state index in [4.69, 9.17) is 0 Å². The summed E-state index contributed by atoms with van der Waals surface area (Å²) in [4.78, 5) is 0. The highest BCUT2D eigenvalue weighted by Gasteiger charge is 2.31. The number of halogens is 2. The summed E-state index contributed by atoms with van der Waals surface area (Å²) in [5.74, 6) is -0.144. The van der Waals surface area contributed by atoms with Gasteiger partial charge in [-0.1, -0.05) is 35.2 Å². The van der Waals surface area contributed by atoms with Gasteiger partial charge >= 0.3 is 0 Å². The second-order valence-corrected chi connectivity index (χ2v) is 6.46. The van der Waals surface area contributed by atoms with Crippen LogP contribution < -0.4 is 5.32 Å². The molecule has 0 spiro atoms. The van der Waals surface area contributed by atoms with Crippen LogP contribution in [-0.4, -0.2) is 13.6 Å². The number of nitrogens with one attached hydrogen (secondary N) is 1. The van der Waals surface area contributed by atoms with Crippen molar-refractivity contribution in [1.29, 1.82) is 0 Å². The molecule has 0 atom stereocenters. The molecule has 0 saturated heterocycles. The molecule has 1 N–H and O–H groups in total. The molecule has 0 bridgehead atoms. The fraction of sp³-hybridized carbons (Fsp3) is 0.600. The van der Waals surface area contributed by atoms with E-state index in [-0.39, 0.29) is 5.82 Å². The zero-order chi connectivity index (χ0) is 13.0. The highest BCUT2D eigenvalue weighted by atomic mass is 79.9. The van der Waals surface area contributed by atoms with Gasteiger partial charge in [-0.05, 0) is 55.5 Å². The van der Waals surface area contributed by atoms with E-state index < -0.39 is 0 Å².